The van der Waals surface area contributed by atoms with Gasteiger partial charge in [0.05, 0.1) is 29.0 Å². The maximum atomic E-state index is 12.3. The van der Waals surface area contributed by atoms with Gasteiger partial charge in [0, 0.05) is 12.6 Å². The van der Waals surface area contributed by atoms with E-state index in [2.05, 4.69) is 5.32 Å². The number of hydrogen-bond donors (Lipinski definition) is 1. The van der Waals surface area contributed by atoms with Crippen LogP contribution in [0.3, 0.4) is 0 Å². The zero-order chi connectivity index (χ0) is 14.8. The zero-order valence-electron chi connectivity index (χ0n) is 11.5. The molecule has 1 aromatic rings. The van der Waals surface area contributed by atoms with E-state index in [-0.39, 0.29) is 24.3 Å². The first kappa shape index (κ1) is 15.0. The van der Waals surface area contributed by atoms with Crippen LogP contribution in [0.25, 0.3) is 0 Å². The third kappa shape index (κ3) is 3.83. The van der Waals surface area contributed by atoms with Crippen LogP contribution in [0.2, 0.25) is 4.34 Å². The molecule has 0 bridgehead atoms. The van der Waals surface area contributed by atoms with E-state index in [0.29, 0.717) is 35.0 Å². The second-order valence-electron chi connectivity index (χ2n) is 5.37. The van der Waals surface area contributed by atoms with Gasteiger partial charge in [-0.05, 0) is 25.0 Å². The van der Waals surface area contributed by atoms with Crippen LogP contribution in [0.1, 0.15) is 22.5 Å². The number of hydrogen-bond acceptors (Lipinski definition) is 5. The summed E-state index contributed by atoms with van der Waals surface area (Å²) in [6, 6.07) is 3.39. The SMILES string of the molecule is O=C(CN1CCOCC1C(=O)NC1CC1)c1ccc(Cl)s1. The molecule has 1 saturated carbocycles. The Hall–Kier alpha value is -0.950. The lowest BCUT2D eigenvalue weighted by Gasteiger charge is -2.33. The van der Waals surface area contributed by atoms with Crippen LogP contribution in [-0.4, -0.2) is 55.0 Å². The van der Waals surface area contributed by atoms with Gasteiger partial charge in [-0.3, -0.25) is 14.5 Å². The lowest BCUT2D eigenvalue weighted by Crippen LogP contribution is -2.55. The number of thiophene rings is 1. The zero-order valence-corrected chi connectivity index (χ0v) is 13.1. The summed E-state index contributed by atoms with van der Waals surface area (Å²) in [6.45, 7) is 1.71. The highest BCUT2D eigenvalue weighted by molar-refractivity contribution is 7.18. The van der Waals surface area contributed by atoms with Crippen LogP contribution in [0.4, 0.5) is 0 Å². The summed E-state index contributed by atoms with van der Waals surface area (Å²) in [5.41, 5.74) is 0. The van der Waals surface area contributed by atoms with Crippen molar-refractivity contribution in [2.75, 3.05) is 26.3 Å². The number of amides is 1. The molecule has 2 aliphatic rings. The summed E-state index contributed by atoms with van der Waals surface area (Å²) in [6.07, 6.45) is 2.10. The van der Waals surface area contributed by atoms with Crippen molar-refractivity contribution in [3.63, 3.8) is 0 Å². The fourth-order valence-electron chi connectivity index (χ4n) is 2.32. The van der Waals surface area contributed by atoms with Gasteiger partial charge in [-0.25, -0.2) is 0 Å². The Balaban J connectivity index is 1.63. The quantitative estimate of drug-likeness (QED) is 0.833. The van der Waals surface area contributed by atoms with Crippen LogP contribution in [0.5, 0.6) is 0 Å². The summed E-state index contributed by atoms with van der Waals surface area (Å²) in [7, 11) is 0. The molecule has 3 rings (SSSR count). The van der Waals surface area contributed by atoms with Crippen molar-refractivity contribution in [2.45, 2.75) is 24.9 Å². The summed E-state index contributed by atoms with van der Waals surface area (Å²) in [5.74, 6) is -0.0350. The van der Waals surface area contributed by atoms with Crippen LogP contribution in [0.15, 0.2) is 12.1 Å². The van der Waals surface area contributed by atoms with E-state index < -0.39 is 0 Å². The average Bonchev–Trinajstić information content (AvgIpc) is 3.17. The number of carbonyl (C=O) groups is 2. The van der Waals surface area contributed by atoms with Crippen LogP contribution in [-0.2, 0) is 9.53 Å². The molecule has 1 aliphatic heterocycles. The average molecular weight is 329 g/mol. The Morgan fingerprint density at radius 1 is 1.43 bits per heavy atom. The lowest BCUT2D eigenvalue weighted by molar-refractivity contribution is -0.132. The molecule has 0 spiro atoms. The van der Waals surface area contributed by atoms with E-state index in [1.165, 1.54) is 11.3 Å². The van der Waals surface area contributed by atoms with Gasteiger partial charge >= 0.3 is 0 Å². The Kier molecular flexibility index (Phi) is 4.59. The number of nitrogens with zero attached hydrogens (tertiary/aromatic N) is 1. The number of nitrogens with one attached hydrogen (secondary N) is 1. The minimum absolute atomic E-state index is 0.00183. The van der Waals surface area contributed by atoms with Crippen molar-refractivity contribution in [3.8, 4) is 0 Å². The van der Waals surface area contributed by atoms with Gasteiger partial charge in [0.25, 0.3) is 0 Å². The molecule has 1 N–H and O–H groups in total. The van der Waals surface area contributed by atoms with Crippen molar-refractivity contribution in [1.82, 2.24) is 10.2 Å². The first-order valence-electron chi connectivity index (χ1n) is 7.04. The van der Waals surface area contributed by atoms with Gasteiger partial charge in [-0.15, -0.1) is 11.3 Å². The first-order chi connectivity index (χ1) is 10.1. The number of Topliss-reactive ketones (excluding diaryl/α,β-unsaturated/α-hetero) is 1. The third-order valence-corrected chi connectivity index (χ3v) is 4.93. The molecule has 0 radical (unpaired) electrons. The Morgan fingerprint density at radius 2 is 2.24 bits per heavy atom. The summed E-state index contributed by atoms with van der Waals surface area (Å²) in [4.78, 5) is 27.0. The summed E-state index contributed by atoms with van der Waals surface area (Å²) in [5, 5.41) is 2.98. The van der Waals surface area contributed by atoms with Gasteiger partial charge in [0.1, 0.15) is 6.04 Å². The van der Waals surface area contributed by atoms with Crippen molar-refractivity contribution in [3.05, 3.63) is 21.3 Å². The van der Waals surface area contributed by atoms with Gasteiger partial charge < -0.3 is 10.1 Å². The Bertz CT molecular complexity index is 544. The van der Waals surface area contributed by atoms with Crippen molar-refractivity contribution in [1.29, 1.82) is 0 Å². The number of ether oxygens (including phenoxy) is 1. The fraction of sp³-hybridized carbons (Fsp3) is 0.571. The molecule has 1 amide bonds. The van der Waals surface area contributed by atoms with Crippen molar-refractivity contribution < 1.29 is 14.3 Å². The highest BCUT2D eigenvalue weighted by atomic mass is 35.5. The summed E-state index contributed by atoms with van der Waals surface area (Å²) >= 11 is 7.13. The van der Waals surface area contributed by atoms with Gasteiger partial charge in [-0.2, -0.15) is 0 Å². The number of ketones is 1. The normalized spacial score (nSPS) is 23.0. The number of morpholine rings is 1. The monoisotopic (exact) mass is 328 g/mol. The number of carbonyl (C=O) groups excluding carboxylic acids is 2. The maximum Gasteiger partial charge on any atom is 0.239 e. The first-order valence-corrected chi connectivity index (χ1v) is 8.23. The Morgan fingerprint density at radius 3 is 2.90 bits per heavy atom. The van der Waals surface area contributed by atoms with E-state index in [1.807, 2.05) is 4.90 Å². The highest BCUT2D eigenvalue weighted by Crippen LogP contribution is 2.23. The third-order valence-electron chi connectivity index (χ3n) is 3.66. The van der Waals surface area contributed by atoms with E-state index >= 15 is 0 Å². The molecule has 1 aliphatic carbocycles. The van der Waals surface area contributed by atoms with E-state index in [0.717, 1.165) is 12.8 Å². The molecule has 1 saturated heterocycles. The van der Waals surface area contributed by atoms with Crippen molar-refractivity contribution in [2.24, 2.45) is 0 Å². The van der Waals surface area contributed by atoms with Gasteiger partial charge in [0.2, 0.25) is 5.91 Å². The van der Waals surface area contributed by atoms with E-state index in [1.54, 1.807) is 12.1 Å². The largest absolute Gasteiger partial charge is 0.378 e. The molecule has 2 fully saturated rings. The lowest BCUT2D eigenvalue weighted by atomic mass is 10.2. The highest BCUT2D eigenvalue weighted by Gasteiger charge is 2.34. The molecule has 5 nitrogen and oxygen atoms in total. The maximum absolute atomic E-state index is 12.3. The molecule has 1 aromatic heterocycles. The number of halogens is 1. The standard InChI is InChI=1S/C14H17ClN2O3S/c15-13-4-3-12(21-13)11(18)7-17-5-6-20-8-10(17)14(19)16-9-1-2-9/h3-4,9-10H,1-2,5-8H2,(H,16,19). The van der Waals surface area contributed by atoms with Gasteiger partial charge in [0.15, 0.2) is 5.78 Å². The Labute approximate surface area is 132 Å². The second-order valence-corrected chi connectivity index (χ2v) is 7.09. The predicted octanol–water partition coefficient (Wildman–Crippen LogP) is 1.56. The topological polar surface area (TPSA) is 58.6 Å². The molecule has 0 aromatic carbocycles. The molecule has 114 valence electrons. The smallest absolute Gasteiger partial charge is 0.239 e. The second kappa shape index (κ2) is 6.44. The van der Waals surface area contributed by atoms with Gasteiger partial charge in [-0.1, -0.05) is 11.6 Å². The van der Waals surface area contributed by atoms with Crippen molar-refractivity contribution >= 4 is 34.6 Å². The minimum atomic E-state index is -0.376. The molecule has 7 heteroatoms. The van der Waals surface area contributed by atoms with E-state index in [4.69, 9.17) is 16.3 Å². The fourth-order valence-corrected chi connectivity index (χ4v) is 3.29. The molecular formula is C14H17ClN2O3S. The van der Waals surface area contributed by atoms with Crippen LogP contribution in [0, 0.1) is 0 Å². The molecular weight excluding hydrogens is 312 g/mol. The van der Waals surface area contributed by atoms with Crippen LogP contribution < -0.4 is 5.32 Å². The van der Waals surface area contributed by atoms with Crippen LogP contribution >= 0.6 is 22.9 Å². The predicted molar refractivity (Wildman–Crippen MR) is 81.0 cm³/mol. The number of rotatable bonds is 5. The minimum Gasteiger partial charge on any atom is -0.378 e. The molecule has 1 unspecified atom stereocenters. The molecule has 2 heterocycles. The van der Waals surface area contributed by atoms with E-state index in [9.17, 15) is 9.59 Å². The molecule has 1 atom stereocenters. The molecule has 21 heavy (non-hydrogen) atoms. The summed E-state index contributed by atoms with van der Waals surface area (Å²) < 4.78 is 5.99.